The van der Waals surface area contributed by atoms with Gasteiger partial charge in [0.05, 0.1) is 11.6 Å². The van der Waals surface area contributed by atoms with E-state index in [2.05, 4.69) is 56.7 Å². The van der Waals surface area contributed by atoms with Crippen LogP contribution in [-0.4, -0.2) is 18.6 Å². The van der Waals surface area contributed by atoms with Gasteiger partial charge >= 0.3 is 0 Å². The van der Waals surface area contributed by atoms with Gasteiger partial charge in [0.15, 0.2) is 11.5 Å². The van der Waals surface area contributed by atoms with Crippen LogP contribution in [0.5, 0.6) is 11.5 Å². The second-order valence-corrected chi connectivity index (χ2v) is 8.54. The molecule has 0 unspecified atom stereocenters. The topological polar surface area (TPSA) is 46.3 Å². The average Bonchev–Trinajstić information content (AvgIpc) is 3.20. The molecular weight excluding hydrogens is 511 g/mol. The average molecular weight is 536 g/mol. The first-order chi connectivity index (χ1) is 15.2. The molecule has 0 spiro atoms. The van der Waals surface area contributed by atoms with Crippen molar-refractivity contribution in [1.29, 1.82) is 0 Å². The first kappa shape index (κ1) is 24.5. The molecule has 1 aromatic heterocycles. The Hall–Kier alpha value is -2.18. The van der Waals surface area contributed by atoms with Gasteiger partial charge in [-0.1, -0.05) is 48.0 Å². The summed E-state index contributed by atoms with van der Waals surface area (Å²) < 4.78 is 12.4. The van der Waals surface area contributed by atoms with E-state index in [4.69, 9.17) is 21.1 Å². The van der Waals surface area contributed by atoms with Crippen molar-refractivity contribution in [2.45, 2.75) is 19.6 Å². The number of H-pyrrole nitrogens is 1. The third kappa shape index (κ3) is 5.78. The van der Waals surface area contributed by atoms with Gasteiger partial charge in [-0.25, -0.2) is 0 Å². The molecule has 4 nitrogen and oxygen atoms in total. The second kappa shape index (κ2) is 11.6. The van der Waals surface area contributed by atoms with Gasteiger partial charge in [-0.2, -0.15) is 0 Å². The number of rotatable bonds is 9. The van der Waals surface area contributed by atoms with Crippen LogP contribution in [0.3, 0.4) is 0 Å². The number of fused-ring (bicyclic) bond motifs is 1. The Morgan fingerprint density at radius 2 is 1.81 bits per heavy atom. The molecule has 0 saturated carbocycles. The zero-order valence-corrected chi connectivity index (χ0v) is 20.8. The highest BCUT2D eigenvalue weighted by Gasteiger charge is 2.13. The van der Waals surface area contributed by atoms with Crippen LogP contribution in [0.1, 0.15) is 16.7 Å². The van der Waals surface area contributed by atoms with Gasteiger partial charge in [-0.15, -0.1) is 12.4 Å². The minimum Gasteiger partial charge on any atom is -0.493 e. The highest BCUT2D eigenvalue weighted by atomic mass is 79.9. The number of para-hydroxylation sites is 1. The van der Waals surface area contributed by atoms with E-state index in [9.17, 15) is 0 Å². The fraction of sp³-hybridized carbons (Fsp3) is 0.200. The zero-order valence-electron chi connectivity index (χ0n) is 17.7. The summed E-state index contributed by atoms with van der Waals surface area (Å²) in [5, 5.41) is 5.49. The van der Waals surface area contributed by atoms with Crippen molar-refractivity contribution < 1.29 is 9.47 Å². The number of benzene rings is 3. The van der Waals surface area contributed by atoms with Crippen LogP contribution in [-0.2, 0) is 19.6 Å². The fourth-order valence-corrected chi connectivity index (χ4v) is 4.37. The van der Waals surface area contributed by atoms with E-state index in [-0.39, 0.29) is 12.4 Å². The molecule has 0 amide bonds. The number of aromatic nitrogens is 1. The molecule has 7 heteroatoms. The Kier molecular flexibility index (Phi) is 8.88. The van der Waals surface area contributed by atoms with Gasteiger partial charge in [0, 0.05) is 34.2 Å². The minimum absolute atomic E-state index is 0. The van der Waals surface area contributed by atoms with Gasteiger partial charge in [0.1, 0.15) is 6.61 Å². The number of hydrogen-bond acceptors (Lipinski definition) is 3. The lowest BCUT2D eigenvalue weighted by atomic mass is 10.1. The van der Waals surface area contributed by atoms with E-state index in [1.54, 1.807) is 7.11 Å². The predicted molar refractivity (Wildman–Crippen MR) is 137 cm³/mol. The van der Waals surface area contributed by atoms with E-state index < -0.39 is 0 Å². The first-order valence-electron chi connectivity index (χ1n) is 10.1. The standard InChI is InChI=1S/C25H24BrClN2O2.ClH/c1-30-24-13-17(12-21(26)25(24)31-16-19-6-2-4-8-22(19)27)14-28-11-10-18-15-29-23-9-5-3-7-20(18)23;/h2-9,12-13,15,28-29H,10-11,14,16H2,1H3;1H. The molecule has 0 bridgehead atoms. The SMILES string of the molecule is COc1cc(CNCCc2c[nH]c3ccccc23)cc(Br)c1OCc1ccccc1Cl.Cl. The summed E-state index contributed by atoms with van der Waals surface area (Å²) in [6.07, 6.45) is 3.05. The van der Waals surface area contributed by atoms with Crippen molar-refractivity contribution >= 4 is 50.8 Å². The van der Waals surface area contributed by atoms with Crippen molar-refractivity contribution in [2.24, 2.45) is 0 Å². The third-order valence-corrected chi connectivity index (χ3v) is 6.15. The normalized spacial score (nSPS) is 10.7. The number of ether oxygens (including phenoxy) is 2. The number of nitrogens with one attached hydrogen (secondary N) is 2. The van der Waals surface area contributed by atoms with E-state index in [0.717, 1.165) is 35.1 Å². The van der Waals surface area contributed by atoms with Gasteiger partial charge in [0.2, 0.25) is 0 Å². The molecule has 0 aliphatic rings. The molecule has 2 N–H and O–H groups in total. The molecule has 0 atom stereocenters. The summed E-state index contributed by atoms with van der Waals surface area (Å²) in [6, 6.07) is 20.1. The molecule has 0 aliphatic carbocycles. The second-order valence-electron chi connectivity index (χ2n) is 7.28. The van der Waals surface area contributed by atoms with Crippen LogP contribution >= 0.6 is 39.9 Å². The maximum Gasteiger partial charge on any atom is 0.175 e. The Morgan fingerprint density at radius 3 is 2.62 bits per heavy atom. The van der Waals surface area contributed by atoms with Crippen LogP contribution in [0, 0.1) is 0 Å². The molecule has 168 valence electrons. The number of methoxy groups -OCH3 is 1. The van der Waals surface area contributed by atoms with Crippen LogP contribution in [0.25, 0.3) is 10.9 Å². The van der Waals surface area contributed by atoms with Gasteiger partial charge in [0.25, 0.3) is 0 Å². The molecule has 0 radical (unpaired) electrons. The third-order valence-electron chi connectivity index (χ3n) is 5.19. The van der Waals surface area contributed by atoms with Crippen LogP contribution in [0.2, 0.25) is 5.02 Å². The largest absolute Gasteiger partial charge is 0.493 e. The highest BCUT2D eigenvalue weighted by Crippen LogP contribution is 2.37. The van der Waals surface area contributed by atoms with Gasteiger partial charge in [-0.3, -0.25) is 0 Å². The van der Waals surface area contributed by atoms with E-state index in [0.29, 0.717) is 23.1 Å². The Balaban J connectivity index is 0.00000289. The molecule has 0 aliphatic heterocycles. The minimum atomic E-state index is 0. The Bertz CT molecular complexity index is 1180. The number of aromatic amines is 1. The Morgan fingerprint density at radius 1 is 1.03 bits per heavy atom. The summed E-state index contributed by atoms with van der Waals surface area (Å²) in [6.45, 7) is 1.99. The van der Waals surface area contributed by atoms with Crippen molar-refractivity contribution in [3.8, 4) is 11.5 Å². The van der Waals surface area contributed by atoms with Crippen molar-refractivity contribution in [3.63, 3.8) is 0 Å². The molecule has 3 aromatic carbocycles. The fourth-order valence-electron chi connectivity index (χ4n) is 3.57. The monoisotopic (exact) mass is 534 g/mol. The maximum absolute atomic E-state index is 6.24. The molecule has 4 aromatic rings. The van der Waals surface area contributed by atoms with Crippen LogP contribution in [0.4, 0.5) is 0 Å². The van der Waals surface area contributed by atoms with Crippen molar-refractivity contribution in [3.05, 3.63) is 93.0 Å². The lowest BCUT2D eigenvalue weighted by Gasteiger charge is -2.15. The number of hydrogen-bond donors (Lipinski definition) is 2. The van der Waals surface area contributed by atoms with Crippen LogP contribution in [0.15, 0.2) is 71.3 Å². The summed E-state index contributed by atoms with van der Waals surface area (Å²) in [7, 11) is 1.65. The van der Waals surface area contributed by atoms with Crippen molar-refractivity contribution in [1.82, 2.24) is 10.3 Å². The quantitative estimate of drug-likeness (QED) is 0.228. The lowest BCUT2D eigenvalue weighted by molar-refractivity contribution is 0.282. The smallest absolute Gasteiger partial charge is 0.175 e. The predicted octanol–water partition coefficient (Wildman–Crippen LogP) is 6.93. The van der Waals surface area contributed by atoms with Gasteiger partial charge in [-0.05, 0) is 64.3 Å². The van der Waals surface area contributed by atoms with E-state index >= 15 is 0 Å². The molecular formula is C25H25BrCl2N2O2. The summed E-state index contributed by atoms with van der Waals surface area (Å²) in [5.41, 5.74) is 4.55. The van der Waals surface area contributed by atoms with E-state index in [1.807, 2.05) is 36.4 Å². The lowest BCUT2D eigenvalue weighted by Crippen LogP contribution is -2.16. The molecule has 0 saturated heterocycles. The molecule has 0 fully saturated rings. The zero-order chi connectivity index (χ0) is 21.6. The van der Waals surface area contributed by atoms with Crippen molar-refractivity contribution in [2.75, 3.05) is 13.7 Å². The summed E-state index contributed by atoms with van der Waals surface area (Å²) >= 11 is 9.86. The molecule has 4 rings (SSSR count). The highest BCUT2D eigenvalue weighted by molar-refractivity contribution is 9.10. The molecule has 1 heterocycles. The summed E-state index contributed by atoms with van der Waals surface area (Å²) in [4.78, 5) is 3.33. The van der Waals surface area contributed by atoms with Gasteiger partial charge < -0.3 is 19.8 Å². The summed E-state index contributed by atoms with van der Waals surface area (Å²) in [5.74, 6) is 1.36. The Labute approximate surface area is 207 Å². The van der Waals surface area contributed by atoms with Crippen LogP contribution < -0.4 is 14.8 Å². The maximum atomic E-state index is 6.24. The number of halogens is 3. The van der Waals surface area contributed by atoms with E-state index in [1.165, 1.54) is 16.5 Å². The molecule has 32 heavy (non-hydrogen) atoms. The first-order valence-corrected chi connectivity index (χ1v) is 11.3.